The van der Waals surface area contributed by atoms with Crippen molar-refractivity contribution in [2.24, 2.45) is 0 Å². The maximum absolute atomic E-state index is 2.22. The first-order valence-electron chi connectivity index (χ1n) is 5.81. The zero-order chi connectivity index (χ0) is 11.4. The molecular formula is C15H18IN. The van der Waals surface area contributed by atoms with E-state index < -0.39 is 0 Å². The Morgan fingerprint density at radius 2 is 1.71 bits per heavy atom. The van der Waals surface area contributed by atoms with Crippen LogP contribution >= 0.6 is 0 Å². The van der Waals surface area contributed by atoms with Crippen molar-refractivity contribution >= 4 is 0 Å². The lowest BCUT2D eigenvalue weighted by Gasteiger charge is -2.01. The van der Waals surface area contributed by atoms with Crippen molar-refractivity contribution in [3.05, 3.63) is 65.5 Å². The lowest BCUT2D eigenvalue weighted by molar-refractivity contribution is -0.693. The number of hydrogen-bond acceptors (Lipinski definition) is 0. The van der Waals surface area contributed by atoms with Crippen LogP contribution < -0.4 is 28.5 Å². The predicted molar refractivity (Wildman–Crippen MR) is 66.3 cm³/mol. The highest BCUT2D eigenvalue weighted by Crippen LogP contribution is 2.08. The molecule has 0 amide bonds. The molecule has 1 aromatic carbocycles. The maximum atomic E-state index is 2.22. The van der Waals surface area contributed by atoms with E-state index in [1.165, 1.54) is 16.7 Å². The number of aryl methyl sites for hydroxylation is 2. The minimum absolute atomic E-state index is 0. The second kappa shape index (κ2) is 6.74. The molecule has 2 rings (SSSR count). The monoisotopic (exact) mass is 339 g/mol. The average molecular weight is 339 g/mol. The topological polar surface area (TPSA) is 3.88 Å². The summed E-state index contributed by atoms with van der Waals surface area (Å²) in [6.45, 7) is 5.31. The molecule has 90 valence electrons. The van der Waals surface area contributed by atoms with Gasteiger partial charge in [-0.15, -0.1) is 0 Å². The van der Waals surface area contributed by atoms with Crippen molar-refractivity contribution in [3.63, 3.8) is 0 Å². The molecule has 0 atom stereocenters. The zero-order valence-corrected chi connectivity index (χ0v) is 12.5. The van der Waals surface area contributed by atoms with Gasteiger partial charge in [-0.25, -0.2) is 4.57 Å². The smallest absolute Gasteiger partial charge is 0.172 e. The Hall–Kier alpha value is -0.900. The van der Waals surface area contributed by atoms with Gasteiger partial charge < -0.3 is 24.0 Å². The van der Waals surface area contributed by atoms with Gasteiger partial charge in [0.15, 0.2) is 12.4 Å². The van der Waals surface area contributed by atoms with E-state index in [0.29, 0.717) is 0 Å². The van der Waals surface area contributed by atoms with Gasteiger partial charge in [0.05, 0.1) is 0 Å². The lowest BCUT2D eigenvalue weighted by atomic mass is 10.1. The molecule has 0 aliphatic rings. The molecule has 0 saturated heterocycles. The van der Waals surface area contributed by atoms with Crippen LogP contribution in [0.2, 0.25) is 0 Å². The van der Waals surface area contributed by atoms with E-state index in [2.05, 4.69) is 67.2 Å². The fourth-order valence-electron chi connectivity index (χ4n) is 1.82. The van der Waals surface area contributed by atoms with Crippen molar-refractivity contribution < 1.29 is 28.5 Å². The van der Waals surface area contributed by atoms with E-state index in [1.807, 2.05) is 0 Å². The normalized spacial score (nSPS) is 9.76. The molecule has 1 nitrogen and oxygen atoms in total. The van der Waals surface area contributed by atoms with Crippen LogP contribution in [0.15, 0.2) is 48.8 Å². The molecular weight excluding hydrogens is 321 g/mol. The zero-order valence-electron chi connectivity index (χ0n) is 10.4. The summed E-state index contributed by atoms with van der Waals surface area (Å²) in [5.41, 5.74) is 4.06. The Kier molecular flexibility index (Phi) is 5.62. The number of halogens is 1. The van der Waals surface area contributed by atoms with Gasteiger partial charge in [0.2, 0.25) is 0 Å². The lowest BCUT2D eigenvalue weighted by Crippen LogP contribution is -3.00. The summed E-state index contributed by atoms with van der Waals surface area (Å²) in [6.07, 6.45) is 5.35. The van der Waals surface area contributed by atoms with Gasteiger partial charge in [0.1, 0.15) is 6.54 Å². The molecule has 0 unspecified atom stereocenters. The van der Waals surface area contributed by atoms with E-state index in [4.69, 9.17) is 0 Å². The predicted octanol–water partition coefficient (Wildman–Crippen LogP) is -0.103. The van der Waals surface area contributed by atoms with Crippen LogP contribution in [0.25, 0.3) is 0 Å². The van der Waals surface area contributed by atoms with Gasteiger partial charge in [-0.05, 0) is 25.5 Å². The number of aromatic nitrogens is 1. The SMILES string of the molecule is CC[n+]1cccc(Cc2ccc(C)cc2)c1.[I-]. The number of hydrogen-bond donors (Lipinski definition) is 0. The van der Waals surface area contributed by atoms with Crippen LogP contribution in [0, 0.1) is 6.92 Å². The second-order valence-corrected chi connectivity index (χ2v) is 4.21. The summed E-state index contributed by atoms with van der Waals surface area (Å²) in [7, 11) is 0. The third-order valence-electron chi connectivity index (χ3n) is 2.81. The Morgan fingerprint density at radius 1 is 1.00 bits per heavy atom. The Balaban J connectivity index is 0.00000144. The third-order valence-corrected chi connectivity index (χ3v) is 2.81. The molecule has 0 bridgehead atoms. The first-order chi connectivity index (χ1) is 7.78. The molecule has 0 saturated carbocycles. The van der Waals surface area contributed by atoms with Crippen molar-refractivity contribution in [3.8, 4) is 0 Å². The van der Waals surface area contributed by atoms with Gasteiger partial charge in [0, 0.05) is 18.1 Å². The number of benzene rings is 1. The maximum Gasteiger partial charge on any atom is 0.172 e. The first kappa shape index (κ1) is 14.2. The van der Waals surface area contributed by atoms with E-state index >= 15 is 0 Å². The van der Waals surface area contributed by atoms with Crippen molar-refractivity contribution in [1.29, 1.82) is 0 Å². The van der Waals surface area contributed by atoms with E-state index in [1.54, 1.807) is 0 Å². The molecule has 0 fully saturated rings. The minimum Gasteiger partial charge on any atom is -1.00 e. The average Bonchev–Trinajstić information content (AvgIpc) is 2.32. The number of rotatable bonds is 3. The summed E-state index contributed by atoms with van der Waals surface area (Å²) >= 11 is 0. The standard InChI is InChI=1S/C15H18N.HI/c1-3-16-10-4-5-15(12-16)11-14-8-6-13(2)7-9-14;/h4-10,12H,3,11H2,1-2H3;1H/q+1;/p-1. The highest BCUT2D eigenvalue weighted by Gasteiger charge is 2.01. The third kappa shape index (κ3) is 4.11. The molecule has 1 aromatic heterocycles. The van der Waals surface area contributed by atoms with Crippen LogP contribution in [0.1, 0.15) is 23.6 Å². The molecule has 0 spiro atoms. The van der Waals surface area contributed by atoms with E-state index in [9.17, 15) is 0 Å². The fourth-order valence-corrected chi connectivity index (χ4v) is 1.82. The van der Waals surface area contributed by atoms with E-state index in [0.717, 1.165) is 13.0 Å². The summed E-state index contributed by atoms with van der Waals surface area (Å²) < 4.78 is 2.21. The Labute approximate surface area is 121 Å². The van der Waals surface area contributed by atoms with Crippen molar-refractivity contribution in [2.75, 3.05) is 0 Å². The highest BCUT2D eigenvalue weighted by atomic mass is 127. The van der Waals surface area contributed by atoms with Crippen LogP contribution in [0.4, 0.5) is 0 Å². The Morgan fingerprint density at radius 3 is 2.35 bits per heavy atom. The number of pyridine rings is 1. The van der Waals surface area contributed by atoms with E-state index in [-0.39, 0.29) is 24.0 Å². The molecule has 0 radical (unpaired) electrons. The summed E-state index contributed by atoms with van der Waals surface area (Å²) in [6, 6.07) is 13.1. The summed E-state index contributed by atoms with van der Waals surface area (Å²) in [5.74, 6) is 0. The highest BCUT2D eigenvalue weighted by molar-refractivity contribution is 5.26. The Bertz CT molecular complexity index is 463. The molecule has 0 N–H and O–H groups in total. The van der Waals surface area contributed by atoms with Gasteiger partial charge in [-0.3, -0.25) is 0 Å². The molecule has 2 aromatic rings. The van der Waals surface area contributed by atoms with Crippen LogP contribution in [-0.2, 0) is 13.0 Å². The molecule has 17 heavy (non-hydrogen) atoms. The van der Waals surface area contributed by atoms with Crippen LogP contribution in [-0.4, -0.2) is 0 Å². The van der Waals surface area contributed by atoms with Gasteiger partial charge in [-0.2, -0.15) is 0 Å². The van der Waals surface area contributed by atoms with Crippen molar-refractivity contribution in [1.82, 2.24) is 0 Å². The second-order valence-electron chi connectivity index (χ2n) is 4.21. The van der Waals surface area contributed by atoms with Crippen molar-refractivity contribution in [2.45, 2.75) is 26.8 Å². The molecule has 2 heteroatoms. The van der Waals surface area contributed by atoms with Gasteiger partial charge in [0.25, 0.3) is 0 Å². The molecule has 0 aliphatic carbocycles. The summed E-state index contributed by atoms with van der Waals surface area (Å²) in [5, 5.41) is 0. The number of nitrogens with zero attached hydrogens (tertiary/aromatic N) is 1. The van der Waals surface area contributed by atoms with Crippen LogP contribution in [0.5, 0.6) is 0 Å². The molecule has 0 aliphatic heterocycles. The van der Waals surface area contributed by atoms with Gasteiger partial charge in [-0.1, -0.05) is 29.8 Å². The first-order valence-corrected chi connectivity index (χ1v) is 5.81. The van der Waals surface area contributed by atoms with Gasteiger partial charge >= 0.3 is 0 Å². The molecule has 1 heterocycles. The fraction of sp³-hybridized carbons (Fsp3) is 0.267. The summed E-state index contributed by atoms with van der Waals surface area (Å²) in [4.78, 5) is 0. The van der Waals surface area contributed by atoms with Crippen LogP contribution in [0.3, 0.4) is 0 Å². The quantitative estimate of drug-likeness (QED) is 0.543. The minimum atomic E-state index is 0. The largest absolute Gasteiger partial charge is 1.00 e.